The minimum Gasteiger partial charge on any atom is -0.298 e. The maximum atomic E-state index is 12.3. The number of hydrogen-bond donors (Lipinski definition) is 0. The average molecular weight is 303 g/mol. The summed E-state index contributed by atoms with van der Waals surface area (Å²) >= 11 is 0. The van der Waals surface area contributed by atoms with E-state index in [2.05, 4.69) is 13.2 Å². The predicted octanol–water partition coefficient (Wildman–Crippen LogP) is 1.65. The van der Waals surface area contributed by atoms with Crippen molar-refractivity contribution in [1.29, 1.82) is 5.26 Å². The summed E-state index contributed by atoms with van der Waals surface area (Å²) in [7, 11) is 1.91. The van der Waals surface area contributed by atoms with E-state index in [1.807, 2.05) is 47.0 Å². The van der Waals surface area contributed by atoms with E-state index in [1.165, 1.54) is 0 Å². The van der Waals surface area contributed by atoms with Crippen LogP contribution in [-0.2, 0) is 13.1 Å². The van der Waals surface area contributed by atoms with E-state index in [1.54, 1.807) is 24.3 Å². The first-order valence-electron chi connectivity index (χ1n) is 7.36. The zero-order chi connectivity index (χ0) is 16.7. The van der Waals surface area contributed by atoms with Crippen LogP contribution in [0.2, 0.25) is 6.32 Å². The third kappa shape index (κ3) is 4.07. The van der Waals surface area contributed by atoms with Gasteiger partial charge >= 0.3 is 0 Å². The van der Waals surface area contributed by atoms with Gasteiger partial charge in [0.15, 0.2) is 0 Å². The Bertz CT molecular complexity index is 726. The van der Waals surface area contributed by atoms with Crippen molar-refractivity contribution in [2.24, 2.45) is 0 Å². The minimum atomic E-state index is 0.0194. The van der Waals surface area contributed by atoms with Crippen LogP contribution >= 0.6 is 0 Å². The molecule has 1 heterocycles. The number of hydrogen-bond acceptors (Lipinski definition) is 2. The van der Waals surface area contributed by atoms with Gasteiger partial charge in [-0.1, -0.05) is 37.4 Å². The second-order valence-corrected chi connectivity index (χ2v) is 5.06. The van der Waals surface area contributed by atoms with Crippen LogP contribution < -0.4 is 10.3 Å². The summed E-state index contributed by atoms with van der Waals surface area (Å²) in [4.78, 5) is 12.3. The van der Waals surface area contributed by atoms with Crippen LogP contribution in [0.5, 0.6) is 0 Å². The smallest absolute Gasteiger partial charge is 0.126 e. The first kappa shape index (κ1) is 16.5. The summed E-state index contributed by atoms with van der Waals surface area (Å²) < 4.78 is 4.06. The van der Waals surface area contributed by atoms with Gasteiger partial charge in [-0.2, -0.15) is 18.9 Å². The van der Waals surface area contributed by atoms with Gasteiger partial charge < -0.3 is 0 Å². The summed E-state index contributed by atoms with van der Waals surface area (Å²) in [6.07, 6.45) is 7.85. The zero-order valence-corrected chi connectivity index (χ0v) is 13.0. The molecule has 0 spiro atoms. The Morgan fingerprint density at radius 2 is 2.04 bits per heavy atom. The summed E-state index contributed by atoms with van der Waals surface area (Å²) in [5.41, 5.74) is 2.11. The van der Waals surface area contributed by atoms with Crippen LogP contribution in [0, 0.1) is 11.3 Å². The summed E-state index contributed by atoms with van der Waals surface area (Å²) in [6.45, 7) is 8.87. The fourth-order valence-electron chi connectivity index (χ4n) is 2.33. The molecule has 0 saturated carbocycles. The van der Waals surface area contributed by atoms with Crippen LogP contribution in [0.4, 0.5) is 0 Å². The molecular weight excluding hydrogens is 285 g/mol. The molecule has 0 unspecified atom stereocenters. The summed E-state index contributed by atoms with van der Waals surface area (Å²) in [5, 5.41) is 8.79. The molecule has 23 heavy (non-hydrogen) atoms. The highest BCUT2D eigenvalue weighted by molar-refractivity contribution is 6.55. The van der Waals surface area contributed by atoms with Crippen molar-refractivity contribution in [2.75, 3.05) is 0 Å². The number of carbonyl (C=O) groups is 1. The van der Waals surface area contributed by atoms with E-state index in [9.17, 15) is 4.79 Å². The molecule has 1 aromatic carbocycles. The number of Topliss-reactive ketones (excluding diaryl/α,β-unsaturated/α-hetero) is 1. The first-order chi connectivity index (χ1) is 11.2. The highest BCUT2D eigenvalue weighted by Crippen LogP contribution is 2.06. The average Bonchev–Trinajstić information content (AvgIpc) is 2.95. The van der Waals surface area contributed by atoms with Gasteiger partial charge in [-0.3, -0.25) is 13.9 Å². The molecule has 0 bridgehead atoms. The van der Waals surface area contributed by atoms with Crippen LogP contribution in [0.15, 0.2) is 62.0 Å². The maximum Gasteiger partial charge on any atom is 0.126 e. The lowest BCUT2D eigenvalue weighted by atomic mass is 9.70. The number of allylic oxidation sites excluding steroid dienone is 2. The van der Waals surface area contributed by atoms with E-state index in [4.69, 9.17) is 5.26 Å². The quantitative estimate of drug-likeness (QED) is 0.322. The largest absolute Gasteiger partial charge is 0.298 e. The second-order valence-electron chi connectivity index (χ2n) is 5.06. The molecule has 0 fully saturated rings. The maximum absolute atomic E-state index is 12.3. The van der Waals surface area contributed by atoms with Crippen LogP contribution in [0.1, 0.15) is 15.9 Å². The molecule has 0 aliphatic carbocycles. The molecule has 4 nitrogen and oxygen atoms in total. The van der Waals surface area contributed by atoms with Crippen molar-refractivity contribution in [3.63, 3.8) is 0 Å². The van der Waals surface area contributed by atoms with E-state index < -0.39 is 0 Å². The molecule has 0 N–H and O–H groups in total. The van der Waals surface area contributed by atoms with Crippen molar-refractivity contribution in [3.8, 4) is 6.07 Å². The standard InChI is InChI=1S/C18H18BN3O/c1-3-9-21-11-12-22(10-4-2)18(21)19-13-17(23)16-7-5-15(14-20)6-8-16/h3-8,11-12H,1-2,9-10,13H2. The van der Waals surface area contributed by atoms with Gasteiger partial charge in [0, 0.05) is 11.3 Å². The molecule has 0 aliphatic rings. The topological polar surface area (TPSA) is 49.7 Å². The third-order valence-electron chi connectivity index (χ3n) is 3.47. The predicted molar refractivity (Wildman–Crippen MR) is 90.7 cm³/mol. The zero-order valence-electron chi connectivity index (χ0n) is 13.0. The summed E-state index contributed by atoms with van der Waals surface area (Å²) in [5.74, 6) is 0.0194. The van der Waals surface area contributed by atoms with Gasteiger partial charge in [-0.15, -0.1) is 0 Å². The number of rotatable bonds is 8. The van der Waals surface area contributed by atoms with Gasteiger partial charge in [-0.05, 0) is 12.1 Å². The third-order valence-corrected chi connectivity index (χ3v) is 3.47. The number of nitrogens with zero attached hydrogens (tertiary/aromatic N) is 3. The van der Waals surface area contributed by atoms with Gasteiger partial charge in [-0.25, -0.2) is 0 Å². The number of nitriles is 1. The molecule has 114 valence electrons. The molecule has 0 atom stereocenters. The van der Waals surface area contributed by atoms with Crippen molar-refractivity contribution in [2.45, 2.75) is 19.4 Å². The molecule has 0 aliphatic heterocycles. The number of carbonyl (C=O) groups excluding carboxylic acids is 1. The lowest BCUT2D eigenvalue weighted by molar-refractivity contribution is -0.668. The van der Waals surface area contributed by atoms with E-state index in [0.29, 0.717) is 30.5 Å². The molecule has 1 aromatic heterocycles. The Morgan fingerprint density at radius 3 is 2.65 bits per heavy atom. The van der Waals surface area contributed by atoms with E-state index in [-0.39, 0.29) is 5.78 Å². The van der Waals surface area contributed by atoms with Crippen molar-refractivity contribution in [3.05, 3.63) is 73.1 Å². The van der Waals surface area contributed by atoms with Gasteiger partial charge in [0.2, 0.25) is 0 Å². The van der Waals surface area contributed by atoms with E-state index >= 15 is 0 Å². The first-order valence-corrected chi connectivity index (χ1v) is 7.36. The molecule has 0 saturated heterocycles. The van der Waals surface area contributed by atoms with E-state index in [0.717, 1.165) is 5.72 Å². The molecule has 2 rings (SSSR count). The number of imidazole rings is 1. The van der Waals surface area contributed by atoms with Gasteiger partial charge in [0.25, 0.3) is 0 Å². The molecular formula is C18H18BN3O. The van der Waals surface area contributed by atoms with Crippen LogP contribution in [0.3, 0.4) is 0 Å². The number of ketones is 1. The highest BCUT2D eigenvalue weighted by Gasteiger charge is 2.07. The molecule has 5 heteroatoms. The van der Waals surface area contributed by atoms with Crippen molar-refractivity contribution < 1.29 is 9.36 Å². The Morgan fingerprint density at radius 1 is 1.30 bits per heavy atom. The number of aromatic nitrogens is 2. The molecule has 0 amide bonds. The van der Waals surface area contributed by atoms with Crippen LogP contribution in [-0.4, -0.2) is 17.6 Å². The normalized spacial score (nSPS) is 10.0. The van der Waals surface area contributed by atoms with Gasteiger partial charge in [0.05, 0.1) is 11.6 Å². The Hall–Kier alpha value is -2.87. The van der Waals surface area contributed by atoms with Gasteiger partial charge in [0.1, 0.15) is 31.3 Å². The second kappa shape index (κ2) is 7.95. The molecule has 2 radical (unpaired) electrons. The Labute approximate surface area is 137 Å². The van der Waals surface area contributed by atoms with Crippen molar-refractivity contribution in [1.82, 2.24) is 4.57 Å². The Kier molecular flexibility index (Phi) is 5.70. The SMILES string of the molecule is C=CCn1cc[n+](CC=C)c1[B-]CC(=O)c1ccc(C#N)cc1. The fraction of sp³-hybridized carbons (Fsp3) is 0.167. The minimum absolute atomic E-state index is 0.0194. The number of benzene rings is 1. The monoisotopic (exact) mass is 303 g/mol. The lowest BCUT2D eigenvalue weighted by Crippen LogP contribution is -2.52. The molecule has 2 aromatic rings. The van der Waals surface area contributed by atoms with Crippen LogP contribution in [0.25, 0.3) is 0 Å². The lowest BCUT2D eigenvalue weighted by Gasteiger charge is -2.14. The van der Waals surface area contributed by atoms with Crippen molar-refractivity contribution >= 4 is 18.8 Å². The Balaban J connectivity index is 2.11. The fourth-order valence-corrected chi connectivity index (χ4v) is 2.33. The highest BCUT2D eigenvalue weighted by atomic mass is 16.1. The summed E-state index contributed by atoms with van der Waals surface area (Å²) in [6, 6.07) is 8.74.